The van der Waals surface area contributed by atoms with Crippen molar-refractivity contribution in [3.8, 4) is 0 Å². The minimum absolute atomic E-state index is 0.0172. The van der Waals surface area contributed by atoms with E-state index >= 15 is 0 Å². The number of carbonyl (C=O) groups excluding carboxylic acids is 2. The van der Waals surface area contributed by atoms with Crippen LogP contribution in [0, 0.1) is 11.8 Å². The highest BCUT2D eigenvalue weighted by molar-refractivity contribution is 5.92. The van der Waals surface area contributed by atoms with Gasteiger partial charge in [-0.2, -0.15) is 0 Å². The third-order valence-corrected chi connectivity index (χ3v) is 5.02. The van der Waals surface area contributed by atoms with E-state index in [1.807, 2.05) is 30.3 Å². The maximum Gasteiger partial charge on any atom is 0.329 e. The summed E-state index contributed by atoms with van der Waals surface area (Å²) >= 11 is 0. The van der Waals surface area contributed by atoms with Crippen molar-refractivity contribution in [1.29, 1.82) is 0 Å². The molecule has 1 aromatic carbocycles. The molecule has 128 valence electrons. The number of nitrogens with zero attached hydrogens (tertiary/aromatic N) is 1. The molecule has 1 saturated carbocycles. The monoisotopic (exact) mass is 330 g/mol. The van der Waals surface area contributed by atoms with Gasteiger partial charge in [-0.15, -0.1) is 0 Å². The van der Waals surface area contributed by atoms with E-state index in [0.29, 0.717) is 13.1 Å². The predicted octanol–water partition coefficient (Wildman–Crippen LogP) is 1.40. The highest BCUT2D eigenvalue weighted by atomic mass is 16.4. The minimum Gasteiger partial charge on any atom is -0.480 e. The summed E-state index contributed by atoms with van der Waals surface area (Å²) in [6.45, 7) is 2.37. The van der Waals surface area contributed by atoms with Crippen LogP contribution in [-0.4, -0.2) is 39.9 Å². The summed E-state index contributed by atoms with van der Waals surface area (Å²) in [7, 11) is 0. The second-order valence-corrected chi connectivity index (χ2v) is 6.93. The fourth-order valence-corrected chi connectivity index (χ4v) is 3.25. The number of nitrogens with one attached hydrogen (secondary N) is 1. The SMILES string of the molecule is C[C@@](NC(=O)[C@@H]1CC(=O)N(Cc2ccccc2)C1)(C(=O)O)C1CC1. The van der Waals surface area contributed by atoms with Gasteiger partial charge in [0.1, 0.15) is 5.54 Å². The summed E-state index contributed by atoms with van der Waals surface area (Å²) < 4.78 is 0. The molecule has 2 fully saturated rings. The Bertz CT molecular complexity index is 656. The van der Waals surface area contributed by atoms with Gasteiger partial charge in [0.05, 0.1) is 5.92 Å². The van der Waals surface area contributed by atoms with Gasteiger partial charge in [-0.25, -0.2) is 4.79 Å². The smallest absolute Gasteiger partial charge is 0.329 e. The first-order valence-electron chi connectivity index (χ1n) is 8.27. The highest BCUT2D eigenvalue weighted by Crippen LogP contribution is 2.40. The van der Waals surface area contributed by atoms with E-state index in [1.165, 1.54) is 0 Å². The molecule has 0 unspecified atom stereocenters. The van der Waals surface area contributed by atoms with Crippen LogP contribution in [0.3, 0.4) is 0 Å². The van der Waals surface area contributed by atoms with Crippen LogP contribution < -0.4 is 5.32 Å². The van der Waals surface area contributed by atoms with Crippen molar-refractivity contribution < 1.29 is 19.5 Å². The van der Waals surface area contributed by atoms with Crippen LogP contribution in [0.15, 0.2) is 30.3 Å². The Hall–Kier alpha value is -2.37. The van der Waals surface area contributed by atoms with E-state index in [4.69, 9.17) is 0 Å². The molecule has 3 rings (SSSR count). The zero-order valence-corrected chi connectivity index (χ0v) is 13.7. The maximum absolute atomic E-state index is 12.5. The molecule has 2 N–H and O–H groups in total. The number of aliphatic carboxylic acids is 1. The fraction of sp³-hybridized carbons (Fsp3) is 0.500. The number of carbonyl (C=O) groups is 3. The number of carboxylic acids is 1. The van der Waals surface area contributed by atoms with Crippen molar-refractivity contribution in [2.75, 3.05) is 6.54 Å². The number of rotatable bonds is 6. The van der Waals surface area contributed by atoms with Gasteiger partial charge in [-0.3, -0.25) is 9.59 Å². The molecular formula is C18H22N2O4. The lowest BCUT2D eigenvalue weighted by atomic mass is 9.94. The summed E-state index contributed by atoms with van der Waals surface area (Å²) in [6.07, 6.45) is 1.76. The van der Waals surface area contributed by atoms with Crippen LogP contribution >= 0.6 is 0 Å². The Morgan fingerprint density at radius 1 is 1.29 bits per heavy atom. The summed E-state index contributed by atoms with van der Waals surface area (Å²) in [5, 5.41) is 12.1. The Morgan fingerprint density at radius 2 is 1.96 bits per heavy atom. The average Bonchev–Trinajstić information content (AvgIpc) is 3.34. The topological polar surface area (TPSA) is 86.7 Å². The quantitative estimate of drug-likeness (QED) is 0.825. The number of benzene rings is 1. The first-order chi connectivity index (χ1) is 11.4. The first-order valence-corrected chi connectivity index (χ1v) is 8.27. The van der Waals surface area contributed by atoms with Crippen LogP contribution in [0.4, 0.5) is 0 Å². The molecule has 1 aliphatic heterocycles. The van der Waals surface area contributed by atoms with E-state index in [9.17, 15) is 19.5 Å². The van der Waals surface area contributed by atoms with Crippen molar-refractivity contribution >= 4 is 17.8 Å². The number of likely N-dealkylation sites (tertiary alicyclic amines) is 1. The zero-order valence-electron chi connectivity index (χ0n) is 13.7. The third-order valence-electron chi connectivity index (χ3n) is 5.02. The van der Waals surface area contributed by atoms with Crippen molar-refractivity contribution in [3.05, 3.63) is 35.9 Å². The molecule has 0 bridgehead atoms. The van der Waals surface area contributed by atoms with Gasteiger partial charge in [-0.1, -0.05) is 30.3 Å². The van der Waals surface area contributed by atoms with Gasteiger partial charge in [0.2, 0.25) is 11.8 Å². The molecular weight excluding hydrogens is 308 g/mol. The highest BCUT2D eigenvalue weighted by Gasteiger charge is 2.49. The van der Waals surface area contributed by atoms with Gasteiger partial charge in [0, 0.05) is 19.5 Å². The number of hydrogen-bond donors (Lipinski definition) is 2. The largest absolute Gasteiger partial charge is 0.480 e. The maximum atomic E-state index is 12.5. The van der Waals surface area contributed by atoms with Gasteiger partial charge in [-0.05, 0) is 31.2 Å². The van der Waals surface area contributed by atoms with Gasteiger partial charge in [0.25, 0.3) is 0 Å². The Morgan fingerprint density at radius 3 is 2.54 bits per heavy atom. The molecule has 0 aromatic heterocycles. The van der Waals surface area contributed by atoms with E-state index in [2.05, 4.69) is 5.32 Å². The molecule has 0 spiro atoms. The molecule has 0 radical (unpaired) electrons. The average molecular weight is 330 g/mol. The number of amides is 2. The van der Waals surface area contributed by atoms with Crippen LogP contribution in [0.5, 0.6) is 0 Å². The van der Waals surface area contributed by atoms with Gasteiger partial charge in [0.15, 0.2) is 0 Å². The fourth-order valence-electron chi connectivity index (χ4n) is 3.25. The summed E-state index contributed by atoms with van der Waals surface area (Å²) in [5.41, 5.74) is -0.215. The second kappa shape index (κ2) is 6.26. The lowest BCUT2D eigenvalue weighted by Gasteiger charge is -2.27. The molecule has 1 aromatic rings. The van der Waals surface area contributed by atoms with Gasteiger partial charge >= 0.3 is 5.97 Å². The molecule has 2 atom stereocenters. The molecule has 1 saturated heterocycles. The normalized spacial score (nSPS) is 23.0. The standard InChI is InChI=1S/C18H22N2O4/c1-18(17(23)24,14-7-8-14)19-16(22)13-9-15(21)20(11-13)10-12-5-3-2-4-6-12/h2-6,13-14H,7-11H2,1H3,(H,19,22)(H,23,24)/t13-,18+/m1/s1. The molecule has 1 aliphatic carbocycles. The van der Waals surface area contributed by atoms with Crippen molar-refractivity contribution in [1.82, 2.24) is 10.2 Å². The van der Waals surface area contributed by atoms with Crippen molar-refractivity contribution in [2.24, 2.45) is 11.8 Å². The molecule has 6 heteroatoms. The van der Waals surface area contributed by atoms with Crippen LogP contribution in [0.2, 0.25) is 0 Å². The van der Waals surface area contributed by atoms with Crippen molar-refractivity contribution in [2.45, 2.75) is 38.3 Å². The first kappa shape index (κ1) is 16.5. The number of hydrogen-bond acceptors (Lipinski definition) is 3. The Balaban J connectivity index is 1.62. The van der Waals surface area contributed by atoms with E-state index in [-0.39, 0.29) is 24.2 Å². The van der Waals surface area contributed by atoms with Crippen LogP contribution in [-0.2, 0) is 20.9 Å². The van der Waals surface area contributed by atoms with Crippen LogP contribution in [0.25, 0.3) is 0 Å². The van der Waals surface area contributed by atoms with E-state index in [1.54, 1.807) is 11.8 Å². The lowest BCUT2D eigenvalue weighted by Crippen LogP contribution is -2.55. The molecule has 6 nitrogen and oxygen atoms in total. The van der Waals surface area contributed by atoms with Crippen molar-refractivity contribution in [3.63, 3.8) is 0 Å². The summed E-state index contributed by atoms with van der Waals surface area (Å²) in [4.78, 5) is 37.8. The Labute approximate surface area is 140 Å². The molecule has 24 heavy (non-hydrogen) atoms. The van der Waals surface area contributed by atoms with Crippen LogP contribution in [0.1, 0.15) is 31.7 Å². The van der Waals surface area contributed by atoms with Gasteiger partial charge < -0.3 is 15.3 Å². The number of carboxylic acid groups (broad SMARTS) is 1. The third kappa shape index (κ3) is 3.27. The molecule has 2 aliphatic rings. The Kier molecular flexibility index (Phi) is 4.30. The molecule has 1 heterocycles. The summed E-state index contributed by atoms with van der Waals surface area (Å²) in [5.74, 6) is -1.92. The molecule has 2 amide bonds. The minimum atomic E-state index is -1.23. The van der Waals surface area contributed by atoms with E-state index < -0.39 is 17.4 Å². The van der Waals surface area contributed by atoms with E-state index in [0.717, 1.165) is 18.4 Å². The zero-order chi connectivity index (χ0) is 17.3. The second-order valence-electron chi connectivity index (χ2n) is 6.93. The predicted molar refractivity (Wildman–Crippen MR) is 86.9 cm³/mol. The summed E-state index contributed by atoms with van der Waals surface area (Å²) in [6, 6.07) is 9.61. The lowest BCUT2D eigenvalue weighted by molar-refractivity contribution is -0.148.